The van der Waals surface area contributed by atoms with Crippen molar-refractivity contribution in [3.8, 4) is 11.4 Å². The molecular formula is C27H29NO4. The minimum atomic E-state index is 0.484. The lowest BCUT2D eigenvalue weighted by molar-refractivity contribution is 0.0180. The number of ether oxygens (including phenoxy) is 4. The molecule has 0 saturated heterocycles. The van der Waals surface area contributed by atoms with Crippen molar-refractivity contribution < 1.29 is 18.9 Å². The Morgan fingerprint density at radius 2 is 1.44 bits per heavy atom. The summed E-state index contributed by atoms with van der Waals surface area (Å²) in [5, 5.41) is 2.42. The summed E-state index contributed by atoms with van der Waals surface area (Å²) in [4.78, 5) is 0. The Morgan fingerprint density at radius 3 is 2.19 bits per heavy atom. The van der Waals surface area contributed by atoms with Crippen LogP contribution >= 0.6 is 0 Å². The first-order valence-electron chi connectivity index (χ1n) is 10.8. The summed E-state index contributed by atoms with van der Waals surface area (Å²) in [7, 11) is 1.66. The molecule has 5 heteroatoms. The number of hydrogen-bond donors (Lipinski definition) is 0. The Morgan fingerprint density at radius 1 is 0.750 bits per heavy atom. The molecular weight excluding hydrogens is 402 g/mol. The summed E-state index contributed by atoms with van der Waals surface area (Å²) in [5.74, 6) is 0.823. The second-order valence-corrected chi connectivity index (χ2v) is 7.39. The van der Waals surface area contributed by atoms with E-state index in [1.807, 2.05) is 12.1 Å². The van der Waals surface area contributed by atoms with E-state index in [-0.39, 0.29) is 0 Å². The van der Waals surface area contributed by atoms with Gasteiger partial charge in [0.15, 0.2) is 0 Å². The van der Waals surface area contributed by atoms with Gasteiger partial charge in [0.25, 0.3) is 0 Å². The predicted molar refractivity (Wildman–Crippen MR) is 130 cm³/mol. The largest absolute Gasteiger partial charge is 0.491 e. The zero-order chi connectivity index (χ0) is 22.2. The highest BCUT2D eigenvalue weighted by atomic mass is 16.6. The minimum absolute atomic E-state index is 0.484. The van der Waals surface area contributed by atoms with Crippen LogP contribution in [0.1, 0.15) is 5.56 Å². The van der Waals surface area contributed by atoms with E-state index in [4.69, 9.17) is 18.9 Å². The van der Waals surface area contributed by atoms with E-state index in [9.17, 15) is 0 Å². The average molecular weight is 432 g/mol. The quantitative estimate of drug-likeness (QED) is 0.278. The van der Waals surface area contributed by atoms with Gasteiger partial charge in [-0.1, -0.05) is 43.0 Å². The molecule has 0 saturated carbocycles. The van der Waals surface area contributed by atoms with Crippen LogP contribution in [0.15, 0.2) is 73.3 Å². The third-order valence-corrected chi connectivity index (χ3v) is 5.33. The summed E-state index contributed by atoms with van der Waals surface area (Å²) in [5.41, 5.74) is 4.49. The van der Waals surface area contributed by atoms with Crippen molar-refractivity contribution >= 4 is 27.9 Å². The highest BCUT2D eigenvalue weighted by Crippen LogP contribution is 2.34. The van der Waals surface area contributed by atoms with Crippen LogP contribution in [0.2, 0.25) is 0 Å². The molecule has 0 unspecified atom stereocenters. The molecule has 5 nitrogen and oxygen atoms in total. The smallest absolute Gasteiger partial charge is 0.121 e. The van der Waals surface area contributed by atoms with E-state index in [1.54, 1.807) is 7.11 Å². The van der Waals surface area contributed by atoms with E-state index in [0.717, 1.165) is 22.5 Å². The van der Waals surface area contributed by atoms with Gasteiger partial charge in [0.05, 0.1) is 44.1 Å². The molecule has 0 aliphatic carbocycles. The summed E-state index contributed by atoms with van der Waals surface area (Å²) in [6.45, 7) is 7.13. The number of para-hydroxylation sites is 1. The SMILES string of the molecule is C=Cc1ccc(-n2c3ccccc3c3ccc(OCCOCCOCCOC)cc32)cc1. The summed E-state index contributed by atoms with van der Waals surface area (Å²) in [6, 6.07) is 23.1. The number of aromatic nitrogens is 1. The van der Waals surface area contributed by atoms with Crippen molar-refractivity contribution in [2.24, 2.45) is 0 Å². The van der Waals surface area contributed by atoms with E-state index in [0.29, 0.717) is 39.6 Å². The minimum Gasteiger partial charge on any atom is -0.491 e. The Hall–Kier alpha value is -3.12. The number of benzene rings is 3. The summed E-state index contributed by atoms with van der Waals surface area (Å²) < 4.78 is 24.2. The zero-order valence-corrected chi connectivity index (χ0v) is 18.5. The lowest BCUT2D eigenvalue weighted by Gasteiger charge is -2.10. The van der Waals surface area contributed by atoms with Gasteiger partial charge in [-0.3, -0.25) is 0 Å². The number of methoxy groups -OCH3 is 1. The third kappa shape index (κ3) is 5.02. The van der Waals surface area contributed by atoms with Gasteiger partial charge in [-0.05, 0) is 35.9 Å². The van der Waals surface area contributed by atoms with Crippen LogP contribution in [0.3, 0.4) is 0 Å². The Balaban J connectivity index is 1.49. The Labute approximate surface area is 188 Å². The summed E-state index contributed by atoms with van der Waals surface area (Å²) in [6.07, 6.45) is 1.86. The first-order chi connectivity index (χ1) is 15.8. The van der Waals surface area contributed by atoms with Crippen LogP contribution in [0.25, 0.3) is 33.6 Å². The van der Waals surface area contributed by atoms with Crippen LogP contribution in [-0.4, -0.2) is 51.3 Å². The molecule has 4 rings (SSSR count). The topological polar surface area (TPSA) is 41.9 Å². The van der Waals surface area contributed by atoms with Crippen LogP contribution in [0, 0.1) is 0 Å². The molecule has 32 heavy (non-hydrogen) atoms. The van der Waals surface area contributed by atoms with Crippen molar-refractivity contribution in [3.63, 3.8) is 0 Å². The average Bonchev–Trinajstić information content (AvgIpc) is 3.17. The van der Waals surface area contributed by atoms with Crippen LogP contribution in [0.4, 0.5) is 0 Å². The zero-order valence-electron chi connectivity index (χ0n) is 18.5. The van der Waals surface area contributed by atoms with Gasteiger partial charge in [0.2, 0.25) is 0 Å². The van der Waals surface area contributed by atoms with Gasteiger partial charge < -0.3 is 23.5 Å². The molecule has 0 bridgehead atoms. The molecule has 0 fully saturated rings. The second-order valence-electron chi connectivity index (χ2n) is 7.39. The van der Waals surface area contributed by atoms with E-state index in [2.05, 4.69) is 71.8 Å². The highest BCUT2D eigenvalue weighted by molar-refractivity contribution is 6.09. The second kappa shape index (κ2) is 11.0. The monoisotopic (exact) mass is 431 g/mol. The first kappa shape index (κ1) is 22.1. The Kier molecular flexibility index (Phi) is 7.56. The van der Waals surface area contributed by atoms with Crippen molar-refractivity contribution in [1.82, 2.24) is 4.57 Å². The molecule has 0 radical (unpaired) electrons. The molecule has 0 atom stereocenters. The molecule has 0 amide bonds. The molecule has 0 N–H and O–H groups in total. The predicted octanol–water partition coefficient (Wildman–Crippen LogP) is 5.49. The van der Waals surface area contributed by atoms with Gasteiger partial charge in [-0.15, -0.1) is 0 Å². The fraction of sp³-hybridized carbons (Fsp3) is 0.259. The van der Waals surface area contributed by atoms with Crippen LogP contribution in [0.5, 0.6) is 5.75 Å². The molecule has 1 aromatic heterocycles. The van der Waals surface area contributed by atoms with Crippen molar-refractivity contribution in [2.75, 3.05) is 46.8 Å². The maximum absolute atomic E-state index is 5.97. The number of hydrogen-bond acceptors (Lipinski definition) is 4. The number of rotatable bonds is 12. The molecule has 3 aromatic carbocycles. The van der Waals surface area contributed by atoms with E-state index < -0.39 is 0 Å². The Bertz CT molecular complexity index is 1160. The van der Waals surface area contributed by atoms with E-state index in [1.165, 1.54) is 16.3 Å². The van der Waals surface area contributed by atoms with Gasteiger partial charge in [-0.25, -0.2) is 0 Å². The molecule has 4 aromatic rings. The van der Waals surface area contributed by atoms with Crippen LogP contribution < -0.4 is 4.74 Å². The standard InChI is InChI=1S/C27H29NO4/c1-3-21-8-10-22(11-9-21)28-26-7-5-4-6-24(26)25-13-12-23(20-27(25)28)32-19-18-31-17-16-30-15-14-29-2/h3-13,20H,1,14-19H2,2H3. The van der Waals surface area contributed by atoms with Gasteiger partial charge in [0.1, 0.15) is 12.4 Å². The first-order valence-corrected chi connectivity index (χ1v) is 10.8. The molecule has 0 spiro atoms. The van der Waals surface area contributed by atoms with Gasteiger partial charge >= 0.3 is 0 Å². The van der Waals surface area contributed by atoms with Gasteiger partial charge in [-0.2, -0.15) is 0 Å². The van der Waals surface area contributed by atoms with Crippen molar-refractivity contribution in [1.29, 1.82) is 0 Å². The third-order valence-electron chi connectivity index (χ3n) is 5.33. The summed E-state index contributed by atoms with van der Waals surface area (Å²) >= 11 is 0. The van der Waals surface area contributed by atoms with Gasteiger partial charge in [0, 0.05) is 29.6 Å². The van der Waals surface area contributed by atoms with Crippen molar-refractivity contribution in [2.45, 2.75) is 0 Å². The lowest BCUT2D eigenvalue weighted by Crippen LogP contribution is -2.12. The lowest BCUT2D eigenvalue weighted by atomic mass is 10.1. The highest BCUT2D eigenvalue weighted by Gasteiger charge is 2.12. The van der Waals surface area contributed by atoms with Crippen LogP contribution in [-0.2, 0) is 14.2 Å². The maximum atomic E-state index is 5.97. The fourth-order valence-corrected chi connectivity index (χ4v) is 3.76. The number of fused-ring (bicyclic) bond motifs is 3. The molecule has 1 heterocycles. The normalized spacial score (nSPS) is 11.3. The van der Waals surface area contributed by atoms with E-state index >= 15 is 0 Å². The fourth-order valence-electron chi connectivity index (χ4n) is 3.76. The molecule has 166 valence electrons. The van der Waals surface area contributed by atoms with Crippen molar-refractivity contribution in [3.05, 3.63) is 78.9 Å². The molecule has 0 aliphatic heterocycles. The molecule has 0 aliphatic rings. The maximum Gasteiger partial charge on any atom is 0.121 e. The number of nitrogens with zero attached hydrogens (tertiary/aromatic N) is 1.